The second-order valence-electron chi connectivity index (χ2n) is 6.81. The van der Waals surface area contributed by atoms with Crippen molar-refractivity contribution in [2.45, 2.75) is 85.0 Å². The van der Waals surface area contributed by atoms with E-state index in [1.54, 1.807) is 0 Å². The second kappa shape index (κ2) is 13.1. The highest BCUT2D eigenvalue weighted by Gasteiger charge is 2.40. The number of hydrogen-bond acceptors (Lipinski definition) is 3. The van der Waals surface area contributed by atoms with Crippen molar-refractivity contribution < 1.29 is 9.53 Å². The van der Waals surface area contributed by atoms with Crippen LogP contribution >= 0.6 is 12.4 Å². The van der Waals surface area contributed by atoms with E-state index in [2.05, 4.69) is 25.7 Å². The van der Waals surface area contributed by atoms with Gasteiger partial charge in [0.05, 0.1) is 5.41 Å². The van der Waals surface area contributed by atoms with E-state index in [1.807, 2.05) is 0 Å². The van der Waals surface area contributed by atoms with Crippen LogP contribution in [0.1, 0.15) is 85.0 Å². The van der Waals surface area contributed by atoms with Gasteiger partial charge in [0.2, 0.25) is 0 Å². The molecule has 138 valence electrons. The summed E-state index contributed by atoms with van der Waals surface area (Å²) in [6.45, 7) is 10.0. The average Bonchev–Trinajstić information content (AvgIpc) is 2.56. The van der Waals surface area contributed by atoms with Crippen molar-refractivity contribution in [3.8, 4) is 0 Å². The van der Waals surface area contributed by atoms with Gasteiger partial charge in [-0.05, 0) is 32.4 Å². The maximum absolute atomic E-state index is 12.7. The minimum absolute atomic E-state index is 0. The first-order valence-corrected chi connectivity index (χ1v) is 9.58. The molecule has 1 aliphatic carbocycles. The number of rotatable bonds is 11. The number of carbonyl (C=O) groups excluding carboxylic acids is 1. The van der Waals surface area contributed by atoms with Crippen LogP contribution < -0.4 is 0 Å². The normalized spacial score (nSPS) is 16.9. The number of halogens is 1. The Morgan fingerprint density at radius 3 is 2.22 bits per heavy atom. The molecule has 0 atom stereocenters. The van der Waals surface area contributed by atoms with Crippen molar-refractivity contribution in [3.63, 3.8) is 0 Å². The van der Waals surface area contributed by atoms with E-state index < -0.39 is 0 Å². The minimum atomic E-state index is -0.157. The molecule has 3 nitrogen and oxygen atoms in total. The summed E-state index contributed by atoms with van der Waals surface area (Å²) in [7, 11) is 0. The summed E-state index contributed by atoms with van der Waals surface area (Å²) in [5.74, 6) is 0.0934. The Morgan fingerprint density at radius 1 is 1.00 bits per heavy atom. The first-order valence-electron chi connectivity index (χ1n) is 9.58. The van der Waals surface area contributed by atoms with Crippen LogP contribution in [0.4, 0.5) is 0 Å². The van der Waals surface area contributed by atoms with E-state index in [4.69, 9.17) is 4.74 Å². The zero-order valence-corrected chi connectivity index (χ0v) is 16.4. The number of esters is 1. The van der Waals surface area contributed by atoms with Crippen molar-refractivity contribution in [1.82, 2.24) is 4.90 Å². The summed E-state index contributed by atoms with van der Waals surface area (Å²) >= 11 is 0. The summed E-state index contributed by atoms with van der Waals surface area (Å²) in [5.41, 5.74) is -0.157. The first kappa shape index (κ1) is 22.7. The maximum Gasteiger partial charge on any atom is 0.312 e. The standard InChI is InChI=1S/C19H37NO2.ClH/c1-4-7-8-10-13-19(14-11-9-12-15-19)18(21)22-17-16-20(5-2)6-3;/h4-17H2,1-3H3;1H. The van der Waals surface area contributed by atoms with Crippen LogP contribution in [0.15, 0.2) is 0 Å². The summed E-state index contributed by atoms with van der Waals surface area (Å²) in [4.78, 5) is 15.0. The van der Waals surface area contributed by atoms with E-state index in [9.17, 15) is 4.79 Å². The highest BCUT2D eigenvalue weighted by atomic mass is 35.5. The second-order valence-corrected chi connectivity index (χ2v) is 6.81. The third kappa shape index (κ3) is 7.89. The summed E-state index contributed by atoms with van der Waals surface area (Å²) in [6.07, 6.45) is 11.8. The largest absolute Gasteiger partial charge is 0.464 e. The molecule has 0 bridgehead atoms. The zero-order valence-electron chi connectivity index (χ0n) is 15.6. The van der Waals surface area contributed by atoms with Gasteiger partial charge in [0, 0.05) is 6.54 Å². The topological polar surface area (TPSA) is 29.5 Å². The zero-order chi connectivity index (χ0) is 16.3. The molecule has 0 heterocycles. The molecule has 0 radical (unpaired) electrons. The van der Waals surface area contributed by atoms with Gasteiger partial charge in [-0.25, -0.2) is 0 Å². The Morgan fingerprint density at radius 2 is 1.65 bits per heavy atom. The Hall–Kier alpha value is -0.280. The van der Waals surface area contributed by atoms with Gasteiger partial charge >= 0.3 is 5.97 Å². The molecule has 0 amide bonds. The van der Waals surface area contributed by atoms with Crippen molar-refractivity contribution >= 4 is 18.4 Å². The number of nitrogens with zero attached hydrogens (tertiary/aromatic N) is 1. The molecule has 1 saturated carbocycles. The quantitative estimate of drug-likeness (QED) is 0.379. The van der Waals surface area contributed by atoms with Gasteiger partial charge in [-0.1, -0.05) is 65.7 Å². The van der Waals surface area contributed by atoms with E-state index >= 15 is 0 Å². The molecule has 0 aliphatic heterocycles. The lowest BCUT2D eigenvalue weighted by atomic mass is 9.71. The molecule has 0 aromatic heterocycles. The fourth-order valence-electron chi connectivity index (χ4n) is 3.64. The molecule has 1 aliphatic rings. The molecule has 0 N–H and O–H groups in total. The van der Waals surface area contributed by atoms with E-state index in [0.717, 1.165) is 38.9 Å². The Balaban J connectivity index is 0.00000484. The minimum Gasteiger partial charge on any atom is -0.464 e. The van der Waals surface area contributed by atoms with Crippen molar-refractivity contribution in [1.29, 1.82) is 0 Å². The predicted molar refractivity (Wildman–Crippen MR) is 100 cm³/mol. The molecule has 0 saturated heterocycles. The van der Waals surface area contributed by atoms with Crippen LogP contribution in [-0.4, -0.2) is 37.1 Å². The maximum atomic E-state index is 12.7. The van der Waals surface area contributed by atoms with Gasteiger partial charge in [0.1, 0.15) is 6.61 Å². The van der Waals surface area contributed by atoms with Crippen molar-refractivity contribution in [2.24, 2.45) is 5.41 Å². The Kier molecular flexibility index (Phi) is 12.9. The third-order valence-corrected chi connectivity index (χ3v) is 5.29. The summed E-state index contributed by atoms with van der Waals surface area (Å²) in [5, 5.41) is 0. The summed E-state index contributed by atoms with van der Waals surface area (Å²) < 4.78 is 5.70. The highest BCUT2D eigenvalue weighted by molar-refractivity contribution is 5.85. The first-order chi connectivity index (χ1) is 10.7. The molecular formula is C19H38ClNO2. The van der Waals surface area contributed by atoms with Gasteiger partial charge in [0.15, 0.2) is 0 Å². The molecular weight excluding hydrogens is 310 g/mol. The SMILES string of the molecule is CCCCCCC1(C(=O)OCCN(CC)CC)CCCCC1.Cl. The number of likely N-dealkylation sites (N-methyl/N-ethyl adjacent to an activating group) is 1. The molecule has 23 heavy (non-hydrogen) atoms. The molecule has 1 rings (SSSR count). The monoisotopic (exact) mass is 347 g/mol. The number of carbonyl (C=O) groups is 1. The fourth-order valence-corrected chi connectivity index (χ4v) is 3.64. The third-order valence-electron chi connectivity index (χ3n) is 5.29. The van der Waals surface area contributed by atoms with Gasteiger partial charge in [-0.3, -0.25) is 4.79 Å². The summed E-state index contributed by atoms with van der Waals surface area (Å²) in [6, 6.07) is 0. The number of ether oxygens (including phenoxy) is 1. The van der Waals surface area contributed by atoms with E-state index in [0.29, 0.717) is 6.61 Å². The molecule has 0 aromatic rings. The van der Waals surface area contributed by atoms with Gasteiger partial charge in [0.25, 0.3) is 0 Å². The van der Waals surface area contributed by atoms with Gasteiger partial charge < -0.3 is 9.64 Å². The number of hydrogen-bond donors (Lipinski definition) is 0. The molecule has 0 spiro atoms. The van der Waals surface area contributed by atoms with Crippen LogP contribution in [0, 0.1) is 5.41 Å². The lowest BCUT2D eigenvalue weighted by Gasteiger charge is -2.35. The lowest BCUT2D eigenvalue weighted by Crippen LogP contribution is -2.37. The molecule has 0 unspecified atom stereocenters. The van der Waals surface area contributed by atoms with Crippen molar-refractivity contribution in [3.05, 3.63) is 0 Å². The molecule has 4 heteroatoms. The fraction of sp³-hybridized carbons (Fsp3) is 0.947. The Labute approximate surface area is 149 Å². The van der Waals surface area contributed by atoms with E-state index in [-0.39, 0.29) is 23.8 Å². The highest BCUT2D eigenvalue weighted by Crippen LogP contribution is 2.41. The van der Waals surface area contributed by atoms with Crippen LogP contribution in [0.5, 0.6) is 0 Å². The van der Waals surface area contributed by atoms with Gasteiger partial charge in [-0.2, -0.15) is 0 Å². The molecule has 0 aromatic carbocycles. The van der Waals surface area contributed by atoms with Crippen LogP contribution in [-0.2, 0) is 9.53 Å². The van der Waals surface area contributed by atoms with Gasteiger partial charge in [-0.15, -0.1) is 12.4 Å². The van der Waals surface area contributed by atoms with E-state index in [1.165, 1.54) is 44.9 Å². The van der Waals surface area contributed by atoms with Crippen LogP contribution in [0.2, 0.25) is 0 Å². The lowest BCUT2D eigenvalue weighted by molar-refractivity contribution is -0.159. The van der Waals surface area contributed by atoms with Crippen LogP contribution in [0.25, 0.3) is 0 Å². The predicted octanol–water partition coefficient (Wildman–Crippen LogP) is 5.21. The Bertz CT molecular complexity index is 300. The smallest absolute Gasteiger partial charge is 0.312 e. The number of unbranched alkanes of at least 4 members (excludes halogenated alkanes) is 3. The average molecular weight is 348 g/mol. The molecule has 1 fully saturated rings. The van der Waals surface area contributed by atoms with Crippen molar-refractivity contribution in [2.75, 3.05) is 26.2 Å². The van der Waals surface area contributed by atoms with Crippen LogP contribution in [0.3, 0.4) is 0 Å².